The van der Waals surface area contributed by atoms with Crippen molar-refractivity contribution in [3.63, 3.8) is 0 Å². The topological polar surface area (TPSA) is 75.6 Å². The van der Waals surface area contributed by atoms with E-state index >= 15 is 0 Å². The largest absolute Gasteiger partial charge is 0.449 e. The molecule has 0 bridgehead atoms. The highest BCUT2D eigenvalue weighted by atomic mass is 16.5. The van der Waals surface area contributed by atoms with E-state index in [1.165, 1.54) is 0 Å². The summed E-state index contributed by atoms with van der Waals surface area (Å²) in [4.78, 5) is 23.4. The molecule has 102 valence electrons. The Balaban J connectivity index is 1.89. The molecule has 1 atom stereocenters. The Morgan fingerprint density at radius 2 is 2.00 bits per heavy atom. The summed E-state index contributed by atoms with van der Waals surface area (Å²) in [7, 11) is 0. The highest BCUT2D eigenvalue weighted by molar-refractivity contribution is 5.92. The number of hydrogen-bond acceptors (Lipinski definition) is 4. The minimum absolute atomic E-state index is 0.0739. The van der Waals surface area contributed by atoms with Crippen molar-refractivity contribution in [3.05, 3.63) is 35.4 Å². The Labute approximate surface area is 111 Å². The fourth-order valence-electron chi connectivity index (χ4n) is 1.57. The van der Waals surface area contributed by atoms with Crippen LogP contribution in [0, 0.1) is 0 Å². The summed E-state index contributed by atoms with van der Waals surface area (Å²) in [5.41, 5.74) is 1.08. The molecule has 1 aliphatic rings. The van der Waals surface area contributed by atoms with E-state index in [9.17, 15) is 9.59 Å². The summed E-state index contributed by atoms with van der Waals surface area (Å²) in [5.74, 6) is -0.800. The molecule has 0 heterocycles. The van der Waals surface area contributed by atoms with E-state index in [4.69, 9.17) is 9.84 Å². The van der Waals surface area contributed by atoms with Crippen LogP contribution in [0.3, 0.4) is 0 Å². The minimum Gasteiger partial charge on any atom is -0.449 e. The molecule has 1 aromatic carbocycles. The second-order valence-corrected chi connectivity index (χ2v) is 4.69. The third kappa shape index (κ3) is 3.79. The van der Waals surface area contributed by atoms with E-state index in [1.807, 2.05) is 0 Å². The molecule has 5 heteroatoms. The van der Waals surface area contributed by atoms with E-state index in [1.54, 1.807) is 31.2 Å². The number of esters is 1. The van der Waals surface area contributed by atoms with Gasteiger partial charge in [0.25, 0.3) is 5.91 Å². The summed E-state index contributed by atoms with van der Waals surface area (Å²) in [6.45, 7) is 1.48. The summed E-state index contributed by atoms with van der Waals surface area (Å²) >= 11 is 0. The molecule has 1 aliphatic carbocycles. The molecule has 19 heavy (non-hydrogen) atoms. The van der Waals surface area contributed by atoms with Crippen LogP contribution < -0.4 is 5.32 Å². The molecule has 1 fully saturated rings. The lowest BCUT2D eigenvalue weighted by atomic mass is 10.1. The van der Waals surface area contributed by atoms with E-state index in [0.29, 0.717) is 5.56 Å². The third-order valence-corrected chi connectivity index (χ3v) is 2.95. The van der Waals surface area contributed by atoms with Gasteiger partial charge in [-0.3, -0.25) is 4.79 Å². The van der Waals surface area contributed by atoms with Gasteiger partial charge in [-0.25, -0.2) is 4.79 Å². The zero-order valence-electron chi connectivity index (χ0n) is 10.8. The highest BCUT2D eigenvalue weighted by Gasteiger charge is 2.27. The van der Waals surface area contributed by atoms with Crippen molar-refractivity contribution in [2.24, 2.45) is 0 Å². The lowest BCUT2D eigenvalue weighted by molar-refractivity contribution is -0.129. The molecule has 0 aromatic heterocycles. The van der Waals surface area contributed by atoms with Crippen LogP contribution in [-0.2, 0) is 16.1 Å². The molecule has 1 unspecified atom stereocenters. The maximum absolute atomic E-state index is 11.8. The Bertz CT molecular complexity index is 465. The summed E-state index contributed by atoms with van der Waals surface area (Å²) in [6, 6.07) is 6.67. The normalized spacial score (nSPS) is 15.7. The average Bonchev–Trinajstić information content (AvgIpc) is 3.22. The van der Waals surface area contributed by atoms with Crippen LogP contribution in [0.2, 0.25) is 0 Å². The number of benzene rings is 1. The lowest BCUT2D eigenvalue weighted by Gasteiger charge is -2.13. The number of aliphatic hydroxyl groups excluding tert-OH is 1. The first-order valence-corrected chi connectivity index (χ1v) is 6.31. The quantitative estimate of drug-likeness (QED) is 0.777. The SMILES string of the molecule is CC(OC(=O)c1ccc(CO)cc1)C(=O)NC1CC1. The van der Waals surface area contributed by atoms with Crippen LogP contribution in [0.15, 0.2) is 24.3 Å². The average molecular weight is 263 g/mol. The first-order valence-electron chi connectivity index (χ1n) is 6.31. The highest BCUT2D eigenvalue weighted by Crippen LogP contribution is 2.19. The molecule has 1 saturated carbocycles. The van der Waals surface area contributed by atoms with Crippen molar-refractivity contribution in [2.75, 3.05) is 0 Å². The predicted octanol–water partition coefficient (Wildman–Crippen LogP) is 1.00. The maximum atomic E-state index is 11.8. The number of carbonyl (C=O) groups is 2. The number of hydrogen-bond donors (Lipinski definition) is 2. The Morgan fingerprint density at radius 1 is 1.37 bits per heavy atom. The van der Waals surface area contributed by atoms with Gasteiger partial charge in [0.15, 0.2) is 6.10 Å². The third-order valence-electron chi connectivity index (χ3n) is 2.95. The van der Waals surface area contributed by atoms with Gasteiger partial charge in [0.2, 0.25) is 0 Å². The minimum atomic E-state index is -0.800. The molecule has 0 saturated heterocycles. The molecule has 0 aliphatic heterocycles. The van der Waals surface area contributed by atoms with Gasteiger partial charge in [-0.15, -0.1) is 0 Å². The predicted molar refractivity (Wildman–Crippen MR) is 68.4 cm³/mol. The van der Waals surface area contributed by atoms with Crippen LogP contribution in [0.25, 0.3) is 0 Å². The first-order chi connectivity index (χ1) is 9.10. The van der Waals surface area contributed by atoms with Crippen molar-refractivity contribution in [1.29, 1.82) is 0 Å². The summed E-state index contributed by atoms with van der Waals surface area (Å²) in [6.07, 6.45) is 1.19. The second-order valence-electron chi connectivity index (χ2n) is 4.69. The fourth-order valence-corrected chi connectivity index (χ4v) is 1.57. The Hall–Kier alpha value is -1.88. The van der Waals surface area contributed by atoms with Crippen LogP contribution in [0.5, 0.6) is 0 Å². The lowest BCUT2D eigenvalue weighted by Crippen LogP contribution is -2.37. The van der Waals surface area contributed by atoms with Gasteiger partial charge in [0.05, 0.1) is 12.2 Å². The number of rotatable bonds is 5. The monoisotopic (exact) mass is 263 g/mol. The molecule has 2 N–H and O–H groups in total. The van der Waals surface area contributed by atoms with Gasteiger partial charge in [0.1, 0.15) is 0 Å². The van der Waals surface area contributed by atoms with E-state index in [0.717, 1.165) is 18.4 Å². The van der Waals surface area contributed by atoms with Gasteiger partial charge in [-0.2, -0.15) is 0 Å². The van der Waals surface area contributed by atoms with Gasteiger partial charge >= 0.3 is 5.97 Å². The van der Waals surface area contributed by atoms with Crippen molar-refractivity contribution in [1.82, 2.24) is 5.32 Å². The standard InChI is InChI=1S/C14H17NO4/c1-9(13(17)15-12-6-7-12)19-14(18)11-4-2-10(8-16)3-5-11/h2-5,9,12,16H,6-8H2,1H3,(H,15,17). The number of aliphatic hydroxyl groups is 1. The first kappa shape index (κ1) is 13.5. The van der Waals surface area contributed by atoms with Gasteiger partial charge < -0.3 is 15.2 Å². The summed E-state index contributed by atoms with van der Waals surface area (Å²) < 4.78 is 5.09. The summed E-state index contributed by atoms with van der Waals surface area (Å²) in [5, 5.41) is 11.7. The molecule has 5 nitrogen and oxygen atoms in total. The van der Waals surface area contributed by atoms with Gasteiger partial charge in [-0.05, 0) is 37.5 Å². The van der Waals surface area contributed by atoms with Crippen LogP contribution in [0.1, 0.15) is 35.7 Å². The van der Waals surface area contributed by atoms with E-state index in [-0.39, 0.29) is 18.6 Å². The molecule has 0 radical (unpaired) electrons. The van der Waals surface area contributed by atoms with Gasteiger partial charge in [0, 0.05) is 6.04 Å². The van der Waals surface area contributed by atoms with E-state index in [2.05, 4.69) is 5.32 Å². The zero-order chi connectivity index (χ0) is 13.8. The maximum Gasteiger partial charge on any atom is 0.338 e. The van der Waals surface area contributed by atoms with Crippen molar-refractivity contribution >= 4 is 11.9 Å². The molecule has 0 spiro atoms. The second kappa shape index (κ2) is 5.84. The van der Waals surface area contributed by atoms with Gasteiger partial charge in [-0.1, -0.05) is 12.1 Å². The fraction of sp³-hybridized carbons (Fsp3) is 0.429. The van der Waals surface area contributed by atoms with Crippen LogP contribution in [0.4, 0.5) is 0 Å². The Morgan fingerprint density at radius 3 is 2.53 bits per heavy atom. The Kier molecular flexibility index (Phi) is 4.16. The smallest absolute Gasteiger partial charge is 0.338 e. The van der Waals surface area contributed by atoms with Crippen LogP contribution in [-0.4, -0.2) is 29.1 Å². The number of carbonyl (C=O) groups excluding carboxylic acids is 2. The number of amides is 1. The molecule has 1 amide bonds. The van der Waals surface area contributed by atoms with Crippen molar-refractivity contribution < 1.29 is 19.4 Å². The number of nitrogens with one attached hydrogen (secondary N) is 1. The molecule has 1 aromatic rings. The molecule has 2 rings (SSSR count). The van der Waals surface area contributed by atoms with Crippen molar-refractivity contribution in [2.45, 2.75) is 38.5 Å². The van der Waals surface area contributed by atoms with Crippen LogP contribution >= 0.6 is 0 Å². The van der Waals surface area contributed by atoms with Crippen molar-refractivity contribution in [3.8, 4) is 0 Å². The van der Waals surface area contributed by atoms with E-state index < -0.39 is 12.1 Å². The molecular formula is C14H17NO4. The molecular weight excluding hydrogens is 246 g/mol. The number of ether oxygens (including phenoxy) is 1. The zero-order valence-corrected chi connectivity index (χ0v) is 10.8.